The maximum absolute atomic E-state index is 12.5. The molecule has 0 radical (unpaired) electrons. The Morgan fingerprint density at radius 3 is 2.78 bits per heavy atom. The van der Waals surface area contributed by atoms with E-state index < -0.39 is 0 Å². The first-order valence-electron chi connectivity index (χ1n) is 9.47. The van der Waals surface area contributed by atoms with Gasteiger partial charge in [-0.25, -0.2) is 4.98 Å². The van der Waals surface area contributed by atoms with Crippen LogP contribution in [0.4, 0.5) is 0 Å². The minimum atomic E-state index is -0.0571. The Balaban J connectivity index is 1.86. The third-order valence-electron chi connectivity index (χ3n) is 4.55. The van der Waals surface area contributed by atoms with E-state index in [2.05, 4.69) is 21.8 Å². The smallest absolute Gasteiger partial charge is 0.263 e. The van der Waals surface area contributed by atoms with E-state index in [1.165, 1.54) is 37.3 Å². The topological polar surface area (TPSA) is 69.0 Å². The van der Waals surface area contributed by atoms with Crippen LogP contribution >= 0.6 is 11.3 Å². The average Bonchev–Trinajstić information content (AvgIpc) is 3.31. The molecular weight excluding hydrogens is 356 g/mol. The van der Waals surface area contributed by atoms with E-state index in [9.17, 15) is 4.79 Å². The number of likely N-dealkylation sites (tertiary alicyclic amines) is 1. The molecule has 0 atom stereocenters. The van der Waals surface area contributed by atoms with Crippen molar-refractivity contribution in [2.45, 2.75) is 39.5 Å². The summed E-state index contributed by atoms with van der Waals surface area (Å²) < 4.78 is 0. The van der Waals surface area contributed by atoms with Crippen LogP contribution in [0.3, 0.4) is 0 Å². The number of nitrogens with zero attached hydrogens (tertiary/aromatic N) is 3. The lowest BCUT2D eigenvalue weighted by atomic mass is 10.2. The summed E-state index contributed by atoms with van der Waals surface area (Å²) in [4.78, 5) is 20.1. The van der Waals surface area contributed by atoms with Gasteiger partial charge in [0, 0.05) is 17.7 Å². The molecule has 0 bridgehead atoms. The van der Waals surface area contributed by atoms with Gasteiger partial charge in [-0.05, 0) is 65.2 Å². The molecule has 1 aliphatic rings. The maximum atomic E-state index is 12.5. The largest absolute Gasteiger partial charge is 0.351 e. The summed E-state index contributed by atoms with van der Waals surface area (Å²) in [6, 6.07) is 1.99. The number of unbranched alkanes of at least 4 members (excludes halogenated alkanes) is 1. The predicted molar refractivity (Wildman–Crippen MR) is 112 cm³/mol. The average molecular weight is 385 g/mol. The van der Waals surface area contributed by atoms with Crippen molar-refractivity contribution in [1.82, 2.24) is 15.2 Å². The SMILES string of the molecule is C=C(C#N)/C=C\C(=C/C)c1nc(C)c(C(=O)NCCCCN2CCCC2)s1. The van der Waals surface area contributed by atoms with Gasteiger partial charge in [0.15, 0.2) is 0 Å². The van der Waals surface area contributed by atoms with Gasteiger partial charge in [0.25, 0.3) is 5.91 Å². The minimum absolute atomic E-state index is 0.0571. The molecular formula is C21H28N4OS. The molecule has 5 nitrogen and oxygen atoms in total. The second-order valence-electron chi connectivity index (χ2n) is 6.66. The normalized spacial score (nSPS) is 15.2. The number of allylic oxidation sites excluding steroid dienone is 5. The molecule has 6 heteroatoms. The van der Waals surface area contributed by atoms with Crippen molar-refractivity contribution in [3.63, 3.8) is 0 Å². The lowest BCUT2D eigenvalue weighted by Gasteiger charge is -2.13. The van der Waals surface area contributed by atoms with Crippen LogP contribution in [0.5, 0.6) is 0 Å². The highest BCUT2D eigenvalue weighted by Crippen LogP contribution is 2.25. The number of rotatable bonds is 9. The number of carbonyl (C=O) groups excluding carboxylic acids is 1. The van der Waals surface area contributed by atoms with Crippen LogP contribution < -0.4 is 5.32 Å². The first-order valence-corrected chi connectivity index (χ1v) is 10.3. The van der Waals surface area contributed by atoms with Gasteiger partial charge in [-0.2, -0.15) is 5.26 Å². The summed E-state index contributed by atoms with van der Waals surface area (Å²) in [6.45, 7) is 11.7. The number of aromatic nitrogens is 1. The number of nitrogens with one attached hydrogen (secondary N) is 1. The Morgan fingerprint density at radius 1 is 1.37 bits per heavy atom. The zero-order valence-corrected chi connectivity index (χ0v) is 17.1. The lowest BCUT2D eigenvalue weighted by molar-refractivity contribution is 0.0956. The van der Waals surface area contributed by atoms with Gasteiger partial charge in [0.1, 0.15) is 9.88 Å². The summed E-state index contributed by atoms with van der Waals surface area (Å²) in [6.07, 6.45) is 10.1. The quantitative estimate of drug-likeness (QED) is 0.395. The number of aryl methyl sites for hydroxylation is 1. The minimum Gasteiger partial charge on any atom is -0.351 e. The second kappa shape index (κ2) is 10.8. The summed E-state index contributed by atoms with van der Waals surface area (Å²) in [5.41, 5.74) is 2.00. The van der Waals surface area contributed by atoms with Gasteiger partial charge in [-0.1, -0.05) is 18.7 Å². The van der Waals surface area contributed by atoms with Gasteiger partial charge in [0.05, 0.1) is 11.8 Å². The number of hydrogen-bond donors (Lipinski definition) is 1. The number of hydrogen-bond acceptors (Lipinski definition) is 5. The Bertz CT molecular complexity index is 764. The van der Waals surface area contributed by atoms with Gasteiger partial charge >= 0.3 is 0 Å². The molecule has 1 saturated heterocycles. The van der Waals surface area contributed by atoms with Gasteiger partial charge in [0.2, 0.25) is 0 Å². The molecule has 1 aromatic heterocycles. The first kappa shape index (κ1) is 21.1. The van der Waals surface area contributed by atoms with Crippen molar-refractivity contribution in [3.8, 4) is 6.07 Å². The molecule has 0 saturated carbocycles. The molecule has 1 fully saturated rings. The Morgan fingerprint density at radius 2 is 2.11 bits per heavy atom. The third kappa shape index (κ3) is 6.46. The van der Waals surface area contributed by atoms with Crippen LogP contribution in [0, 0.1) is 18.3 Å². The highest BCUT2D eigenvalue weighted by atomic mass is 32.1. The van der Waals surface area contributed by atoms with E-state index in [1.807, 2.05) is 32.1 Å². The molecule has 0 unspecified atom stereocenters. The molecule has 1 amide bonds. The molecule has 27 heavy (non-hydrogen) atoms. The van der Waals surface area contributed by atoms with E-state index in [-0.39, 0.29) is 5.91 Å². The van der Waals surface area contributed by atoms with Crippen molar-refractivity contribution in [2.75, 3.05) is 26.2 Å². The predicted octanol–water partition coefficient (Wildman–Crippen LogP) is 4.10. The van der Waals surface area contributed by atoms with Crippen LogP contribution in [0.25, 0.3) is 5.57 Å². The van der Waals surface area contributed by atoms with Gasteiger partial charge < -0.3 is 10.2 Å². The zero-order valence-electron chi connectivity index (χ0n) is 16.3. The van der Waals surface area contributed by atoms with E-state index in [0.29, 0.717) is 17.0 Å². The number of nitriles is 1. The van der Waals surface area contributed by atoms with E-state index in [1.54, 1.807) is 6.08 Å². The van der Waals surface area contributed by atoms with Crippen molar-refractivity contribution >= 4 is 22.8 Å². The monoisotopic (exact) mass is 384 g/mol. The summed E-state index contributed by atoms with van der Waals surface area (Å²) in [5.74, 6) is -0.0571. The second-order valence-corrected chi connectivity index (χ2v) is 7.66. The zero-order chi connectivity index (χ0) is 19.6. The molecule has 144 valence electrons. The van der Waals surface area contributed by atoms with Gasteiger partial charge in [-0.15, -0.1) is 11.3 Å². The molecule has 0 aromatic carbocycles. The Hall–Kier alpha value is -2.23. The molecule has 1 N–H and O–H groups in total. The molecule has 2 rings (SSSR count). The lowest BCUT2D eigenvalue weighted by Crippen LogP contribution is -2.26. The van der Waals surface area contributed by atoms with Crippen molar-refractivity contribution in [1.29, 1.82) is 5.26 Å². The number of thiazole rings is 1. The van der Waals surface area contributed by atoms with E-state index in [0.717, 1.165) is 35.7 Å². The Kier molecular flexibility index (Phi) is 8.43. The number of amides is 1. The van der Waals surface area contributed by atoms with Crippen molar-refractivity contribution in [2.24, 2.45) is 0 Å². The van der Waals surface area contributed by atoms with Crippen LogP contribution in [0.2, 0.25) is 0 Å². The molecule has 2 heterocycles. The summed E-state index contributed by atoms with van der Waals surface area (Å²) in [5, 5.41) is 12.6. The third-order valence-corrected chi connectivity index (χ3v) is 5.76. The van der Waals surface area contributed by atoms with E-state index >= 15 is 0 Å². The van der Waals surface area contributed by atoms with Crippen LogP contribution in [-0.4, -0.2) is 42.0 Å². The number of carbonyl (C=O) groups is 1. The standard InChI is InChI=1S/C21H28N4OS/c1-4-18(10-9-16(2)15-22)21-24-17(3)19(27-21)20(26)23-11-5-6-12-25-13-7-8-14-25/h4,9-10H,2,5-8,11-14H2,1,3H3,(H,23,26)/b10-9-,18-4+. The van der Waals surface area contributed by atoms with Gasteiger partial charge in [-0.3, -0.25) is 4.79 Å². The fourth-order valence-corrected chi connectivity index (χ4v) is 4.04. The van der Waals surface area contributed by atoms with E-state index in [4.69, 9.17) is 5.26 Å². The van der Waals surface area contributed by atoms with Crippen LogP contribution in [-0.2, 0) is 0 Å². The van der Waals surface area contributed by atoms with Crippen molar-refractivity contribution < 1.29 is 4.79 Å². The summed E-state index contributed by atoms with van der Waals surface area (Å²) >= 11 is 1.38. The van der Waals surface area contributed by atoms with Crippen LogP contribution in [0.15, 0.2) is 30.4 Å². The fraction of sp³-hybridized carbons (Fsp3) is 0.476. The fourth-order valence-electron chi connectivity index (χ4n) is 3.00. The molecule has 1 aromatic rings. The highest BCUT2D eigenvalue weighted by Gasteiger charge is 2.16. The molecule has 1 aliphatic heterocycles. The highest BCUT2D eigenvalue weighted by molar-refractivity contribution is 7.14. The van der Waals surface area contributed by atoms with Crippen molar-refractivity contribution in [3.05, 3.63) is 46.0 Å². The summed E-state index contributed by atoms with van der Waals surface area (Å²) in [7, 11) is 0. The Labute approximate surface area is 166 Å². The molecule has 0 spiro atoms. The first-order chi connectivity index (χ1) is 13.0. The maximum Gasteiger partial charge on any atom is 0.263 e. The van der Waals surface area contributed by atoms with Crippen LogP contribution in [0.1, 0.15) is 53.0 Å². The molecule has 0 aliphatic carbocycles.